The second-order valence-corrected chi connectivity index (χ2v) is 6.67. The Bertz CT molecular complexity index is 527. The highest BCUT2D eigenvalue weighted by Crippen LogP contribution is 2.13. The molecule has 2 saturated heterocycles. The summed E-state index contributed by atoms with van der Waals surface area (Å²) in [6, 6.07) is 0. The van der Waals surface area contributed by atoms with Gasteiger partial charge in [-0.2, -0.15) is 0 Å². The molecule has 1 aromatic rings. The number of ether oxygens (including phenoxy) is 1. The first-order chi connectivity index (χ1) is 11.6. The number of amides is 1. The quantitative estimate of drug-likeness (QED) is 0.825. The largest absolute Gasteiger partial charge is 0.444 e. The van der Waals surface area contributed by atoms with Gasteiger partial charge in [0.05, 0.1) is 24.9 Å². The number of carbonyl (C=O) groups is 1. The predicted molar refractivity (Wildman–Crippen MR) is 89.7 cm³/mol. The van der Waals surface area contributed by atoms with Gasteiger partial charge in [0.15, 0.2) is 0 Å². The van der Waals surface area contributed by atoms with E-state index in [1.54, 1.807) is 0 Å². The number of oxazole rings is 1. The molecular formula is C17H28N4O3. The fraction of sp³-hybridized carbons (Fsp3) is 0.765. The van der Waals surface area contributed by atoms with E-state index in [2.05, 4.69) is 15.2 Å². The highest BCUT2D eigenvalue weighted by atomic mass is 16.5. The summed E-state index contributed by atoms with van der Waals surface area (Å²) in [7, 11) is 0. The molecule has 2 aliphatic heterocycles. The first-order valence-corrected chi connectivity index (χ1v) is 8.87. The standard InChI is InChI=1S/C17H28N4O3/c1-13-14(2)24-16(19-13)12-20-5-7-21(8-6-20)17(22)11-18-10-15-4-3-9-23-15/h15,18H,3-12H2,1-2H3/t15-/m0/s1. The van der Waals surface area contributed by atoms with E-state index in [1.165, 1.54) is 0 Å². The summed E-state index contributed by atoms with van der Waals surface area (Å²) in [6.07, 6.45) is 2.51. The molecule has 1 amide bonds. The molecule has 2 fully saturated rings. The van der Waals surface area contributed by atoms with Crippen LogP contribution in [0.25, 0.3) is 0 Å². The van der Waals surface area contributed by atoms with Crippen molar-refractivity contribution in [3.05, 3.63) is 17.3 Å². The Balaban J connectivity index is 1.35. The Labute approximate surface area is 143 Å². The SMILES string of the molecule is Cc1nc(CN2CCN(C(=O)CNC[C@@H]3CCCO3)CC2)oc1C. The molecule has 134 valence electrons. The number of aryl methyl sites for hydroxylation is 2. The van der Waals surface area contributed by atoms with Crippen LogP contribution < -0.4 is 5.32 Å². The second-order valence-electron chi connectivity index (χ2n) is 6.67. The minimum Gasteiger partial charge on any atom is -0.444 e. The van der Waals surface area contributed by atoms with E-state index >= 15 is 0 Å². The van der Waals surface area contributed by atoms with E-state index in [1.807, 2.05) is 18.7 Å². The van der Waals surface area contributed by atoms with Gasteiger partial charge < -0.3 is 19.4 Å². The van der Waals surface area contributed by atoms with E-state index in [4.69, 9.17) is 9.15 Å². The molecule has 1 N–H and O–H groups in total. The van der Waals surface area contributed by atoms with E-state index in [0.29, 0.717) is 13.1 Å². The lowest BCUT2D eigenvalue weighted by Crippen LogP contribution is -2.50. The van der Waals surface area contributed by atoms with Crippen LogP contribution in [0.15, 0.2) is 4.42 Å². The number of hydrogen-bond acceptors (Lipinski definition) is 6. The molecule has 0 saturated carbocycles. The molecule has 1 atom stereocenters. The molecule has 3 rings (SSSR count). The third kappa shape index (κ3) is 4.55. The molecule has 0 aliphatic carbocycles. The van der Waals surface area contributed by atoms with Gasteiger partial charge in [0.1, 0.15) is 5.76 Å². The monoisotopic (exact) mass is 336 g/mol. The summed E-state index contributed by atoms with van der Waals surface area (Å²) in [5, 5.41) is 3.23. The minimum atomic E-state index is 0.176. The molecule has 2 aliphatic rings. The number of hydrogen-bond donors (Lipinski definition) is 1. The molecule has 3 heterocycles. The Morgan fingerprint density at radius 2 is 2.08 bits per heavy atom. The van der Waals surface area contributed by atoms with E-state index < -0.39 is 0 Å². The van der Waals surface area contributed by atoms with Gasteiger partial charge in [-0.05, 0) is 26.7 Å². The van der Waals surface area contributed by atoms with Crippen LogP contribution in [-0.2, 0) is 16.1 Å². The third-order valence-corrected chi connectivity index (χ3v) is 4.83. The molecule has 0 spiro atoms. The smallest absolute Gasteiger partial charge is 0.236 e. The van der Waals surface area contributed by atoms with Crippen molar-refractivity contribution in [2.24, 2.45) is 0 Å². The van der Waals surface area contributed by atoms with Crippen LogP contribution in [0, 0.1) is 13.8 Å². The van der Waals surface area contributed by atoms with Crippen molar-refractivity contribution in [2.45, 2.75) is 39.3 Å². The lowest BCUT2D eigenvalue weighted by molar-refractivity contribution is -0.132. The molecule has 0 unspecified atom stereocenters. The van der Waals surface area contributed by atoms with Gasteiger partial charge >= 0.3 is 0 Å². The van der Waals surface area contributed by atoms with Gasteiger partial charge in [0.25, 0.3) is 0 Å². The normalized spacial score (nSPS) is 22.2. The van der Waals surface area contributed by atoms with E-state index in [0.717, 1.165) is 69.5 Å². The number of nitrogens with zero attached hydrogens (tertiary/aromatic N) is 3. The maximum Gasteiger partial charge on any atom is 0.236 e. The molecule has 0 radical (unpaired) electrons. The van der Waals surface area contributed by atoms with Gasteiger partial charge in [-0.25, -0.2) is 4.98 Å². The number of piperazine rings is 1. The third-order valence-electron chi connectivity index (χ3n) is 4.83. The van der Waals surface area contributed by atoms with Crippen molar-refractivity contribution in [3.8, 4) is 0 Å². The van der Waals surface area contributed by atoms with Gasteiger partial charge in [-0.15, -0.1) is 0 Å². The molecule has 7 heteroatoms. The fourth-order valence-corrected chi connectivity index (χ4v) is 3.21. The predicted octanol–water partition coefficient (Wildman–Crippen LogP) is 0.704. The van der Waals surface area contributed by atoms with Gasteiger partial charge in [0.2, 0.25) is 11.8 Å². The summed E-state index contributed by atoms with van der Waals surface area (Å²) in [5.74, 6) is 1.83. The lowest BCUT2D eigenvalue weighted by atomic mass is 10.2. The molecule has 0 bridgehead atoms. The summed E-state index contributed by atoms with van der Waals surface area (Å²) in [4.78, 5) is 20.9. The van der Waals surface area contributed by atoms with Crippen LogP contribution in [0.5, 0.6) is 0 Å². The first-order valence-electron chi connectivity index (χ1n) is 8.87. The second kappa shape index (κ2) is 8.09. The molecular weight excluding hydrogens is 308 g/mol. The van der Waals surface area contributed by atoms with E-state index in [-0.39, 0.29) is 12.0 Å². The molecule has 1 aromatic heterocycles. The van der Waals surface area contributed by atoms with E-state index in [9.17, 15) is 4.79 Å². The Hall–Kier alpha value is -1.44. The Morgan fingerprint density at radius 1 is 1.29 bits per heavy atom. The van der Waals surface area contributed by atoms with Crippen LogP contribution in [0.2, 0.25) is 0 Å². The topological polar surface area (TPSA) is 70.8 Å². The fourth-order valence-electron chi connectivity index (χ4n) is 3.21. The van der Waals surface area contributed by atoms with Crippen LogP contribution >= 0.6 is 0 Å². The average molecular weight is 336 g/mol. The molecule has 24 heavy (non-hydrogen) atoms. The van der Waals surface area contributed by atoms with Crippen LogP contribution in [0.4, 0.5) is 0 Å². The van der Waals surface area contributed by atoms with Crippen molar-refractivity contribution < 1.29 is 13.9 Å². The van der Waals surface area contributed by atoms with Crippen molar-refractivity contribution >= 4 is 5.91 Å². The zero-order chi connectivity index (χ0) is 16.9. The summed E-state index contributed by atoms with van der Waals surface area (Å²) in [6.45, 7) is 9.88. The van der Waals surface area contributed by atoms with Crippen molar-refractivity contribution in [3.63, 3.8) is 0 Å². The van der Waals surface area contributed by atoms with Crippen molar-refractivity contribution in [2.75, 3.05) is 45.9 Å². The summed E-state index contributed by atoms with van der Waals surface area (Å²) < 4.78 is 11.2. The number of carbonyl (C=O) groups excluding carboxylic acids is 1. The highest BCUT2D eigenvalue weighted by molar-refractivity contribution is 5.78. The summed E-state index contributed by atoms with van der Waals surface area (Å²) in [5.41, 5.74) is 0.955. The molecule has 0 aromatic carbocycles. The zero-order valence-electron chi connectivity index (χ0n) is 14.7. The minimum absolute atomic E-state index is 0.176. The first kappa shape index (κ1) is 17.4. The molecule has 7 nitrogen and oxygen atoms in total. The highest BCUT2D eigenvalue weighted by Gasteiger charge is 2.22. The van der Waals surface area contributed by atoms with Gasteiger partial charge in [-0.3, -0.25) is 9.69 Å². The van der Waals surface area contributed by atoms with Crippen molar-refractivity contribution in [1.82, 2.24) is 20.1 Å². The number of aromatic nitrogens is 1. The summed E-state index contributed by atoms with van der Waals surface area (Å²) >= 11 is 0. The maximum atomic E-state index is 12.3. The average Bonchev–Trinajstić information content (AvgIpc) is 3.18. The van der Waals surface area contributed by atoms with Crippen LogP contribution in [0.1, 0.15) is 30.2 Å². The van der Waals surface area contributed by atoms with Crippen LogP contribution in [0.3, 0.4) is 0 Å². The maximum absolute atomic E-state index is 12.3. The lowest BCUT2D eigenvalue weighted by Gasteiger charge is -2.34. The van der Waals surface area contributed by atoms with Crippen LogP contribution in [-0.4, -0.2) is 72.7 Å². The van der Waals surface area contributed by atoms with Crippen molar-refractivity contribution in [1.29, 1.82) is 0 Å². The van der Waals surface area contributed by atoms with Gasteiger partial charge in [-0.1, -0.05) is 0 Å². The number of nitrogens with one attached hydrogen (secondary N) is 1. The Morgan fingerprint density at radius 3 is 2.71 bits per heavy atom. The Kier molecular flexibility index (Phi) is 5.86. The van der Waals surface area contributed by atoms with Gasteiger partial charge in [0, 0.05) is 39.3 Å². The zero-order valence-corrected chi connectivity index (χ0v) is 14.7. The number of rotatable bonds is 6.